The van der Waals surface area contributed by atoms with Crippen LogP contribution in [0, 0.1) is 0 Å². The Kier molecular flexibility index (Phi) is 4.76. The third kappa shape index (κ3) is 3.49. The first-order valence-corrected chi connectivity index (χ1v) is 6.45. The molecule has 1 aromatic carbocycles. The lowest BCUT2D eigenvalue weighted by Gasteiger charge is -2.24. The fourth-order valence-corrected chi connectivity index (χ4v) is 2.06. The van der Waals surface area contributed by atoms with Gasteiger partial charge in [0.15, 0.2) is 18.1 Å². The summed E-state index contributed by atoms with van der Waals surface area (Å²) in [6.45, 7) is 0.415. The smallest absolute Gasteiger partial charge is 0.429 e. The summed E-state index contributed by atoms with van der Waals surface area (Å²) in [5.41, 5.74) is -1.57. The number of carbonyl (C=O) groups is 1. The second kappa shape index (κ2) is 6.38. The average molecular weight is 300 g/mol. The van der Waals surface area contributed by atoms with Crippen LogP contribution in [0.25, 0.3) is 0 Å². The largest absolute Gasteiger partial charge is 0.509 e. The van der Waals surface area contributed by atoms with E-state index >= 15 is 0 Å². The topological polar surface area (TPSA) is 85.2 Å². The third-order valence-electron chi connectivity index (χ3n) is 3.28. The molecule has 4 atom stereocenters. The van der Waals surface area contributed by atoms with E-state index in [1.165, 1.54) is 0 Å². The lowest BCUT2D eigenvalue weighted by molar-refractivity contribution is -0.143. The van der Waals surface area contributed by atoms with Gasteiger partial charge in [-0.15, -0.1) is 0 Å². The van der Waals surface area contributed by atoms with Gasteiger partial charge in [-0.05, 0) is 12.5 Å². The zero-order chi connectivity index (χ0) is 15.5. The van der Waals surface area contributed by atoms with E-state index in [-0.39, 0.29) is 6.61 Å². The lowest BCUT2D eigenvalue weighted by atomic mass is 10.00. The molecule has 116 valence electrons. The van der Waals surface area contributed by atoms with Gasteiger partial charge in [-0.25, -0.2) is 9.18 Å². The van der Waals surface area contributed by atoms with Crippen LogP contribution in [-0.4, -0.2) is 47.1 Å². The molecule has 0 bridgehead atoms. The minimum atomic E-state index is -2.32. The molecule has 1 unspecified atom stereocenters. The molecule has 0 saturated carbocycles. The van der Waals surface area contributed by atoms with E-state index in [1.807, 2.05) is 6.07 Å². The fourth-order valence-electron chi connectivity index (χ4n) is 2.06. The van der Waals surface area contributed by atoms with Crippen molar-refractivity contribution < 1.29 is 33.6 Å². The zero-order valence-corrected chi connectivity index (χ0v) is 11.4. The van der Waals surface area contributed by atoms with E-state index in [0.29, 0.717) is 0 Å². The molecule has 1 aliphatic rings. The standard InChI is InChI=1S/C14H17FO6/c1-14(15)11(10(7-16)20-12(14)17)21-13(18)19-8-9-5-3-2-4-6-9/h2-6,10-12,16-17H,7-8H2,1H3/t10-,11-,12?,14-/m1/s1. The monoisotopic (exact) mass is 300 g/mol. The van der Waals surface area contributed by atoms with E-state index in [0.717, 1.165) is 12.5 Å². The molecule has 1 aliphatic heterocycles. The number of hydrogen-bond donors (Lipinski definition) is 2. The molecule has 1 aromatic rings. The fraction of sp³-hybridized carbons (Fsp3) is 0.500. The normalized spacial score (nSPS) is 31.9. The van der Waals surface area contributed by atoms with Crippen LogP contribution in [0.1, 0.15) is 12.5 Å². The van der Waals surface area contributed by atoms with Crippen LogP contribution in [0.15, 0.2) is 30.3 Å². The first-order valence-electron chi connectivity index (χ1n) is 6.45. The van der Waals surface area contributed by atoms with E-state index in [1.54, 1.807) is 24.3 Å². The number of halogens is 1. The Labute approximate surface area is 121 Å². The van der Waals surface area contributed by atoms with E-state index in [2.05, 4.69) is 0 Å². The number of aliphatic hydroxyl groups excluding tert-OH is 2. The van der Waals surface area contributed by atoms with Crippen molar-refractivity contribution >= 4 is 6.16 Å². The summed E-state index contributed by atoms with van der Waals surface area (Å²) in [6, 6.07) is 8.90. The molecular formula is C14H17FO6. The van der Waals surface area contributed by atoms with Gasteiger partial charge in [0, 0.05) is 0 Å². The van der Waals surface area contributed by atoms with E-state index in [4.69, 9.17) is 19.3 Å². The molecule has 0 aromatic heterocycles. The highest BCUT2D eigenvalue weighted by Gasteiger charge is 2.56. The summed E-state index contributed by atoms with van der Waals surface area (Å²) in [5, 5.41) is 18.5. The Bertz CT molecular complexity index is 478. The molecule has 7 heteroatoms. The predicted octanol–water partition coefficient (Wildman–Crippen LogP) is 1.15. The first-order chi connectivity index (χ1) is 9.95. The van der Waals surface area contributed by atoms with Gasteiger partial charge in [-0.1, -0.05) is 30.3 Å². The number of alkyl halides is 1. The van der Waals surface area contributed by atoms with Crippen LogP contribution < -0.4 is 0 Å². The van der Waals surface area contributed by atoms with Crippen LogP contribution in [0.4, 0.5) is 9.18 Å². The molecule has 1 fully saturated rings. The van der Waals surface area contributed by atoms with E-state index < -0.39 is 36.9 Å². The molecule has 6 nitrogen and oxygen atoms in total. The Morgan fingerprint density at radius 3 is 2.71 bits per heavy atom. The van der Waals surface area contributed by atoms with Gasteiger partial charge in [-0.3, -0.25) is 0 Å². The number of benzene rings is 1. The second-order valence-electron chi connectivity index (χ2n) is 4.92. The van der Waals surface area contributed by atoms with Gasteiger partial charge >= 0.3 is 6.16 Å². The van der Waals surface area contributed by atoms with Crippen molar-refractivity contribution in [3.63, 3.8) is 0 Å². The molecular weight excluding hydrogens is 283 g/mol. The van der Waals surface area contributed by atoms with Crippen LogP contribution in [0.3, 0.4) is 0 Å². The maximum atomic E-state index is 14.2. The van der Waals surface area contributed by atoms with Crippen LogP contribution in [0.2, 0.25) is 0 Å². The Morgan fingerprint density at radius 1 is 1.43 bits per heavy atom. The molecule has 21 heavy (non-hydrogen) atoms. The van der Waals surface area contributed by atoms with Gasteiger partial charge in [-0.2, -0.15) is 0 Å². The molecule has 0 amide bonds. The zero-order valence-electron chi connectivity index (χ0n) is 11.4. The van der Waals surface area contributed by atoms with Crippen molar-refractivity contribution in [3.05, 3.63) is 35.9 Å². The van der Waals surface area contributed by atoms with Crippen molar-refractivity contribution in [1.29, 1.82) is 0 Å². The van der Waals surface area contributed by atoms with E-state index in [9.17, 15) is 14.3 Å². The second-order valence-corrected chi connectivity index (χ2v) is 4.92. The SMILES string of the molecule is C[C@]1(F)C(O)O[C@H](CO)[C@H]1OC(=O)OCc1ccccc1. The number of ether oxygens (including phenoxy) is 3. The highest BCUT2D eigenvalue weighted by molar-refractivity contribution is 5.60. The van der Waals surface area contributed by atoms with Gasteiger partial charge in [0.25, 0.3) is 0 Å². The van der Waals surface area contributed by atoms with Crippen molar-refractivity contribution in [2.75, 3.05) is 6.61 Å². The molecule has 1 heterocycles. The summed E-state index contributed by atoms with van der Waals surface area (Å²) in [4.78, 5) is 11.6. The number of rotatable bonds is 4. The van der Waals surface area contributed by atoms with Crippen molar-refractivity contribution in [2.45, 2.75) is 37.7 Å². The Hall–Kier alpha value is -1.70. The molecule has 0 aliphatic carbocycles. The highest BCUT2D eigenvalue weighted by Crippen LogP contribution is 2.35. The van der Waals surface area contributed by atoms with Crippen LogP contribution in [-0.2, 0) is 20.8 Å². The van der Waals surface area contributed by atoms with Gasteiger partial charge in [0.1, 0.15) is 12.7 Å². The number of hydrogen-bond acceptors (Lipinski definition) is 6. The van der Waals surface area contributed by atoms with Crippen LogP contribution in [0.5, 0.6) is 0 Å². The van der Waals surface area contributed by atoms with Crippen LogP contribution >= 0.6 is 0 Å². The molecule has 1 saturated heterocycles. The van der Waals surface area contributed by atoms with Gasteiger partial charge in [0.2, 0.25) is 0 Å². The minimum absolute atomic E-state index is 0.0252. The Balaban J connectivity index is 1.92. The molecule has 0 radical (unpaired) electrons. The quantitative estimate of drug-likeness (QED) is 0.811. The molecule has 2 N–H and O–H groups in total. The lowest BCUT2D eigenvalue weighted by Crippen LogP contribution is -2.45. The maximum absolute atomic E-state index is 14.2. The first kappa shape index (κ1) is 15.7. The minimum Gasteiger partial charge on any atom is -0.429 e. The average Bonchev–Trinajstić information content (AvgIpc) is 2.69. The van der Waals surface area contributed by atoms with Crippen molar-refractivity contribution in [1.82, 2.24) is 0 Å². The number of carbonyl (C=O) groups excluding carboxylic acids is 1. The summed E-state index contributed by atoms with van der Waals surface area (Å²) < 4.78 is 28.7. The summed E-state index contributed by atoms with van der Waals surface area (Å²) in [6.07, 6.45) is -5.45. The summed E-state index contributed by atoms with van der Waals surface area (Å²) in [7, 11) is 0. The highest BCUT2D eigenvalue weighted by atomic mass is 19.1. The van der Waals surface area contributed by atoms with Gasteiger partial charge < -0.3 is 24.4 Å². The predicted molar refractivity (Wildman–Crippen MR) is 69.0 cm³/mol. The van der Waals surface area contributed by atoms with Crippen molar-refractivity contribution in [2.24, 2.45) is 0 Å². The molecule has 0 spiro atoms. The number of aliphatic hydroxyl groups is 2. The summed E-state index contributed by atoms with van der Waals surface area (Å²) >= 11 is 0. The Morgan fingerprint density at radius 2 is 2.10 bits per heavy atom. The van der Waals surface area contributed by atoms with Crippen molar-refractivity contribution in [3.8, 4) is 0 Å². The third-order valence-corrected chi connectivity index (χ3v) is 3.28. The van der Waals surface area contributed by atoms with Gasteiger partial charge in [0.05, 0.1) is 6.61 Å². The maximum Gasteiger partial charge on any atom is 0.509 e. The summed E-state index contributed by atoms with van der Waals surface area (Å²) in [5.74, 6) is 0. The molecule has 2 rings (SSSR count).